The van der Waals surface area contributed by atoms with Crippen LogP contribution in [0.3, 0.4) is 0 Å². The van der Waals surface area contributed by atoms with Gasteiger partial charge in [0.1, 0.15) is 11.2 Å². The Balaban J connectivity index is 2.03. The van der Waals surface area contributed by atoms with Crippen LogP contribution >= 0.6 is 0 Å². The lowest BCUT2D eigenvalue weighted by molar-refractivity contribution is 0.584. The van der Waals surface area contributed by atoms with Crippen LogP contribution in [0.1, 0.15) is 23.1 Å². The lowest BCUT2D eigenvalue weighted by Gasteiger charge is -2.27. The summed E-state index contributed by atoms with van der Waals surface area (Å²) in [6.45, 7) is 0. The Kier molecular flexibility index (Phi) is 4.67. The van der Waals surface area contributed by atoms with Crippen molar-refractivity contribution >= 4 is 0 Å². The summed E-state index contributed by atoms with van der Waals surface area (Å²) >= 11 is 0. The minimum absolute atomic E-state index is 0.306. The molecule has 0 radical (unpaired) electrons. The molecule has 3 heteroatoms. The van der Waals surface area contributed by atoms with E-state index in [4.69, 9.17) is 0 Å². The molecule has 0 aliphatic heterocycles. The largest absolute Gasteiger partial charge is 0.264 e. The van der Waals surface area contributed by atoms with Crippen molar-refractivity contribution in [3.8, 4) is 6.07 Å². The zero-order valence-electron chi connectivity index (χ0n) is 13.2. The number of pyridine rings is 1. The monoisotopic (exact) mass is 316 g/mol. The summed E-state index contributed by atoms with van der Waals surface area (Å²) in [5.74, 6) is -0.306. The number of hydrogen-bond acceptors (Lipinski definition) is 2. The SMILES string of the molecule is N#CC(CCc1ccccc1)(c1ccc(F)cc1)c1cccnc1. The topological polar surface area (TPSA) is 36.7 Å². The fraction of sp³-hybridized carbons (Fsp3) is 0.143. The summed E-state index contributed by atoms with van der Waals surface area (Å²) in [4.78, 5) is 4.17. The summed E-state index contributed by atoms with van der Waals surface area (Å²) in [6, 6.07) is 22.5. The maximum Gasteiger partial charge on any atom is 0.123 e. The van der Waals surface area contributed by atoms with Gasteiger partial charge in [-0.25, -0.2) is 4.39 Å². The number of benzene rings is 2. The fourth-order valence-electron chi connectivity index (χ4n) is 2.97. The zero-order valence-corrected chi connectivity index (χ0v) is 13.2. The quantitative estimate of drug-likeness (QED) is 0.686. The second kappa shape index (κ2) is 7.06. The standard InChI is InChI=1S/C21H17FN2/c22-20-10-8-18(9-11-20)21(16-23,19-7-4-14-24-15-19)13-12-17-5-2-1-3-6-17/h1-11,14-15H,12-13H2. The van der Waals surface area contributed by atoms with Crippen LogP contribution in [0, 0.1) is 17.1 Å². The lowest BCUT2D eigenvalue weighted by Crippen LogP contribution is -2.27. The molecule has 0 amide bonds. The van der Waals surface area contributed by atoms with Crippen molar-refractivity contribution in [3.05, 3.63) is 102 Å². The molecule has 1 heterocycles. The molecule has 2 nitrogen and oxygen atoms in total. The number of rotatable bonds is 5. The summed E-state index contributed by atoms with van der Waals surface area (Å²) in [7, 11) is 0. The third-order valence-electron chi connectivity index (χ3n) is 4.31. The molecule has 0 fully saturated rings. The van der Waals surface area contributed by atoms with Crippen molar-refractivity contribution in [2.24, 2.45) is 0 Å². The van der Waals surface area contributed by atoms with Gasteiger partial charge in [-0.05, 0) is 47.7 Å². The Morgan fingerprint density at radius 2 is 1.67 bits per heavy atom. The predicted molar refractivity (Wildman–Crippen MR) is 91.8 cm³/mol. The first-order valence-electron chi connectivity index (χ1n) is 7.86. The summed E-state index contributed by atoms with van der Waals surface area (Å²) < 4.78 is 13.3. The van der Waals surface area contributed by atoms with E-state index < -0.39 is 5.41 Å². The number of aromatic nitrogens is 1. The van der Waals surface area contributed by atoms with Crippen LogP contribution in [0.4, 0.5) is 4.39 Å². The first kappa shape index (κ1) is 15.9. The van der Waals surface area contributed by atoms with Gasteiger partial charge in [0.25, 0.3) is 0 Å². The van der Waals surface area contributed by atoms with Crippen molar-refractivity contribution in [3.63, 3.8) is 0 Å². The molecule has 0 aliphatic carbocycles. The first-order chi connectivity index (χ1) is 11.7. The van der Waals surface area contributed by atoms with Crippen LogP contribution in [-0.4, -0.2) is 4.98 Å². The highest BCUT2D eigenvalue weighted by molar-refractivity contribution is 5.45. The smallest absolute Gasteiger partial charge is 0.123 e. The lowest BCUT2D eigenvalue weighted by atomic mass is 9.72. The van der Waals surface area contributed by atoms with Gasteiger partial charge in [-0.15, -0.1) is 0 Å². The molecule has 1 unspecified atom stereocenters. The van der Waals surface area contributed by atoms with Crippen molar-refractivity contribution in [2.45, 2.75) is 18.3 Å². The van der Waals surface area contributed by atoms with Gasteiger partial charge < -0.3 is 0 Å². The molecule has 0 saturated heterocycles. The molecule has 24 heavy (non-hydrogen) atoms. The molecule has 2 aromatic carbocycles. The highest BCUT2D eigenvalue weighted by Crippen LogP contribution is 2.36. The van der Waals surface area contributed by atoms with Crippen LogP contribution in [-0.2, 0) is 11.8 Å². The highest BCUT2D eigenvalue weighted by Gasteiger charge is 2.34. The average molecular weight is 316 g/mol. The van der Waals surface area contributed by atoms with Gasteiger partial charge in [-0.2, -0.15) is 5.26 Å². The maximum atomic E-state index is 13.3. The average Bonchev–Trinajstić information content (AvgIpc) is 2.65. The molecule has 0 bridgehead atoms. The van der Waals surface area contributed by atoms with Gasteiger partial charge >= 0.3 is 0 Å². The van der Waals surface area contributed by atoms with Gasteiger partial charge in [0.2, 0.25) is 0 Å². The summed E-state index contributed by atoms with van der Waals surface area (Å²) in [5.41, 5.74) is 1.94. The van der Waals surface area contributed by atoms with E-state index >= 15 is 0 Å². The van der Waals surface area contributed by atoms with E-state index in [1.54, 1.807) is 24.5 Å². The maximum absolute atomic E-state index is 13.3. The van der Waals surface area contributed by atoms with Crippen molar-refractivity contribution < 1.29 is 4.39 Å². The Labute approximate surface area is 141 Å². The predicted octanol–water partition coefficient (Wildman–Crippen LogP) is 4.66. The molecule has 118 valence electrons. The van der Waals surface area contributed by atoms with E-state index in [9.17, 15) is 9.65 Å². The van der Waals surface area contributed by atoms with E-state index in [0.29, 0.717) is 6.42 Å². The molecule has 0 spiro atoms. The Morgan fingerprint density at radius 1 is 0.917 bits per heavy atom. The van der Waals surface area contributed by atoms with E-state index in [1.165, 1.54) is 17.7 Å². The van der Waals surface area contributed by atoms with Crippen molar-refractivity contribution in [1.82, 2.24) is 4.98 Å². The number of hydrogen-bond donors (Lipinski definition) is 0. The molecule has 3 rings (SSSR count). The normalized spacial score (nSPS) is 13.0. The third kappa shape index (κ3) is 3.18. The summed E-state index contributed by atoms with van der Waals surface area (Å²) in [6.07, 6.45) is 4.76. The van der Waals surface area contributed by atoms with Gasteiger partial charge in [0, 0.05) is 12.4 Å². The van der Waals surface area contributed by atoms with Crippen LogP contribution < -0.4 is 0 Å². The Morgan fingerprint density at radius 3 is 2.29 bits per heavy atom. The minimum Gasteiger partial charge on any atom is -0.264 e. The number of nitrogens with zero attached hydrogens (tertiary/aromatic N) is 2. The second-order valence-electron chi connectivity index (χ2n) is 5.75. The summed E-state index contributed by atoms with van der Waals surface area (Å²) in [5, 5.41) is 10.1. The van der Waals surface area contributed by atoms with E-state index in [0.717, 1.165) is 17.5 Å². The number of aryl methyl sites for hydroxylation is 1. The van der Waals surface area contributed by atoms with Crippen molar-refractivity contribution in [1.29, 1.82) is 5.26 Å². The van der Waals surface area contributed by atoms with Crippen LogP contribution in [0.15, 0.2) is 79.1 Å². The van der Waals surface area contributed by atoms with Gasteiger partial charge in [0.05, 0.1) is 6.07 Å². The Bertz CT molecular complexity index is 823. The molecule has 0 N–H and O–H groups in total. The van der Waals surface area contributed by atoms with E-state index in [2.05, 4.69) is 23.2 Å². The molecular weight excluding hydrogens is 299 g/mol. The molecule has 0 aliphatic rings. The zero-order chi connectivity index (χ0) is 16.8. The van der Waals surface area contributed by atoms with Gasteiger partial charge in [0.15, 0.2) is 0 Å². The molecule has 1 aromatic heterocycles. The third-order valence-corrected chi connectivity index (χ3v) is 4.31. The van der Waals surface area contributed by atoms with Crippen LogP contribution in [0.2, 0.25) is 0 Å². The second-order valence-corrected chi connectivity index (χ2v) is 5.75. The van der Waals surface area contributed by atoms with E-state index in [1.807, 2.05) is 30.3 Å². The molecule has 1 atom stereocenters. The fourth-order valence-corrected chi connectivity index (χ4v) is 2.97. The highest BCUT2D eigenvalue weighted by atomic mass is 19.1. The van der Waals surface area contributed by atoms with Gasteiger partial charge in [-0.1, -0.05) is 48.5 Å². The number of nitriles is 1. The molecule has 3 aromatic rings. The molecular formula is C21H17FN2. The van der Waals surface area contributed by atoms with E-state index in [-0.39, 0.29) is 5.82 Å². The van der Waals surface area contributed by atoms with Gasteiger partial charge in [-0.3, -0.25) is 4.98 Å². The van der Waals surface area contributed by atoms with Crippen molar-refractivity contribution in [2.75, 3.05) is 0 Å². The minimum atomic E-state index is -0.849. The first-order valence-corrected chi connectivity index (χ1v) is 7.86. The molecule has 0 saturated carbocycles. The van der Waals surface area contributed by atoms with Crippen LogP contribution in [0.25, 0.3) is 0 Å². The Hall–Kier alpha value is -2.99. The van der Waals surface area contributed by atoms with Crippen LogP contribution in [0.5, 0.6) is 0 Å². The number of halogens is 1.